The van der Waals surface area contributed by atoms with Gasteiger partial charge in [-0.1, -0.05) is 6.07 Å². The van der Waals surface area contributed by atoms with Crippen molar-refractivity contribution in [2.75, 3.05) is 33.3 Å². The summed E-state index contributed by atoms with van der Waals surface area (Å²) in [7, 11) is -1.90. The molecule has 0 unspecified atom stereocenters. The van der Waals surface area contributed by atoms with Crippen LogP contribution in [0.15, 0.2) is 58.3 Å². The van der Waals surface area contributed by atoms with Crippen molar-refractivity contribution in [1.29, 1.82) is 0 Å². The van der Waals surface area contributed by atoms with Gasteiger partial charge in [-0.15, -0.1) is 11.3 Å². The number of methoxy groups -OCH3 is 1. The molecule has 1 saturated heterocycles. The van der Waals surface area contributed by atoms with Crippen molar-refractivity contribution >= 4 is 27.3 Å². The summed E-state index contributed by atoms with van der Waals surface area (Å²) in [5.41, 5.74) is 0.299. The van der Waals surface area contributed by atoms with E-state index < -0.39 is 10.0 Å². The average molecular weight is 463 g/mol. The SMILES string of the molecule is COc1ccc(OCn2ccc(C(=O)N3CCN(S(=O)(=O)c4cccs4)CC3)n2)cc1. The van der Waals surface area contributed by atoms with E-state index in [-0.39, 0.29) is 25.7 Å². The Balaban J connectivity index is 1.32. The van der Waals surface area contributed by atoms with Gasteiger partial charge >= 0.3 is 0 Å². The van der Waals surface area contributed by atoms with E-state index in [0.717, 1.165) is 5.75 Å². The zero-order chi connectivity index (χ0) is 21.8. The molecule has 0 atom stereocenters. The second kappa shape index (κ2) is 9.08. The van der Waals surface area contributed by atoms with Gasteiger partial charge < -0.3 is 14.4 Å². The van der Waals surface area contributed by atoms with Gasteiger partial charge in [0, 0.05) is 32.4 Å². The lowest BCUT2D eigenvalue weighted by atomic mass is 10.3. The number of hydrogen-bond acceptors (Lipinski definition) is 7. The molecule has 3 aromatic rings. The van der Waals surface area contributed by atoms with Crippen LogP contribution in [0.5, 0.6) is 11.5 Å². The molecule has 1 aromatic carbocycles. The van der Waals surface area contributed by atoms with Crippen molar-refractivity contribution in [3.05, 3.63) is 59.7 Å². The lowest BCUT2D eigenvalue weighted by Crippen LogP contribution is -2.50. The van der Waals surface area contributed by atoms with Gasteiger partial charge in [0.25, 0.3) is 15.9 Å². The first kappa shape index (κ1) is 21.3. The van der Waals surface area contributed by atoms with Crippen LogP contribution in [0.4, 0.5) is 0 Å². The Labute approximate surface area is 184 Å². The molecule has 0 bridgehead atoms. The third-order valence-electron chi connectivity index (χ3n) is 4.90. The van der Waals surface area contributed by atoms with Crippen LogP contribution in [0.3, 0.4) is 0 Å². The number of ether oxygens (including phenoxy) is 2. The molecule has 1 aliphatic heterocycles. The molecule has 0 N–H and O–H groups in total. The van der Waals surface area contributed by atoms with Crippen molar-refractivity contribution in [1.82, 2.24) is 19.0 Å². The smallest absolute Gasteiger partial charge is 0.274 e. The molecule has 1 amide bonds. The number of amides is 1. The number of nitrogens with zero attached hydrogens (tertiary/aromatic N) is 4. The van der Waals surface area contributed by atoms with Crippen LogP contribution >= 0.6 is 11.3 Å². The molecule has 1 fully saturated rings. The fraction of sp³-hybridized carbons (Fsp3) is 0.300. The highest BCUT2D eigenvalue weighted by molar-refractivity contribution is 7.91. The Kier molecular flexibility index (Phi) is 6.25. The zero-order valence-electron chi connectivity index (χ0n) is 16.9. The highest BCUT2D eigenvalue weighted by Crippen LogP contribution is 2.22. The number of rotatable bonds is 7. The van der Waals surface area contributed by atoms with Gasteiger partial charge in [-0.2, -0.15) is 9.40 Å². The molecule has 31 heavy (non-hydrogen) atoms. The fourth-order valence-electron chi connectivity index (χ4n) is 3.19. The Morgan fingerprint density at radius 2 is 1.77 bits per heavy atom. The molecule has 4 rings (SSSR count). The lowest BCUT2D eigenvalue weighted by molar-refractivity contribution is 0.0690. The maximum atomic E-state index is 12.8. The molecule has 0 radical (unpaired) electrons. The predicted octanol–water partition coefficient (Wildman–Crippen LogP) is 2.14. The fourth-order valence-corrected chi connectivity index (χ4v) is 5.76. The molecular weight excluding hydrogens is 440 g/mol. The first-order chi connectivity index (χ1) is 15.0. The molecule has 9 nitrogen and oxygen atoms in total. The van der Waals surface area contributed by atoms with Crippen molar-refractivity contribution in [3.8, 4) is 11.5 Å². The summed E-state index contributed by atoms with van der Waals surface area (Å²) in [6, 6.07) is 12.1. The normalized spacial score (nSPS) is 15.1. The molecule has 3 heterocycles. The molecule has 1 aliphatic rings. The minimum absolute atomic E-state index is 0.159. The van der Waals surface area contributed by atoms with E-state index in [2.05, 4.69) is 5.10 Å². The molecular formula is C20H22N4O5S2. The maximum absolute atomic E-state index is 12.8. The van der Waals surface area contributed by atoms with Crippen LogP contribution in [-0.2, 0) is 16.8 Å². The number of thiophene rings is 1. The standard InChI is InChI=1S/C20H22N4O5S2/c1-28-16-4-6-17(7-5-16)29-15-23-9-8-18(21-23)20(25)22-10-12-24(13-11-22)31(26,27)19-3-2-14-30-19/h2-9,14H,10-13,15H2,1H3. The summed E-state index contributed by atoms with van der Waals surface area (Å²) < 4.78 is 39.3. The van der Waals surface area contributed by atoms with E-state index in [9.17, 15) is 13.2 Å². The van der Waals surface area contributed by atoms with Crippen LogP contribution in [0, 0.1) is 0 Å². The van der Waals surface area contributed by atoms with Gasteiger partial charge in [0.1, 0.15) is 15.7 Å². The molecule has 0 aliphatic carbocycles. The van der Waals surface area contributed by atoms with Gasteiger partial charge in [0.2, 0.25) is 0 Å². The van der Waals surface area contributed by atoms with E-state index >= 15 is 0 Å². The topological polar surface area (TPSA) is 94.0 Å². The zero-order valence-corrected chi connectivity index (χ0v) is 18.5. The van der Waals surface area contributed by atoms with E-state index in [4.69, 9.17) is 9.47 Å². The predicted molar refractivity (Wildman–Crippen MR) is 115 cm³/mol. The lowest BCUT2D eigenvalue weighted by Gasteiger charge is -2.33. The highest BCUT2D eigenvalue weighted by atomic mass is 32.2. The van der Waals surface area contributed by atoms with Crippen molar-refractivity contribution in [2.24, 2.45) is 0 Å². The summed E-state index contributed by atoms with van der Waals surface area (Å²) in [6.07, 6.45) is 1.67. The quantitative estimate of drug-likeness (QED) is 0.534. The largest absolute Gasteiger partial charge is 0.497 e. The van der Waals surface area contributed by atoms with Gasteiger partial charge in [-0.05, 0) is 41.8 Å². The second-order valence-electron chi connectivity index (χ2n) is 6.82. The summed E-state index contributed by atoms with van der Waals surface area (Å²) in [5, 5.41) is 6.03. The number of hydrogen-bond donors (Lipinski definition) is 0. The number of sulfonamides is 1. The van der Waals surface area contributed by atoms with Crippen LogP contribution < -0.4 is 9.47 Å². The number of piperazine rings is 1. The minimum Gasteiger partial charge on any atom is -0.497 e. The van der Waals surface area contributed by atoms with E-state index in [0.29, 0.717) is 28.7 Å². The second-order valence-corrected chi connectivity index (χ2v) is 9.93. The third-order valence-corrected chi connectivity index (χ3v) is 8.17. The summed E-state index contributed by atoms with van der Waals surface area (Å²) in [4.78, 5) is 14.4. The minimum atomic E-state index is -3.50. The first-order valence-corrected chi connectivity index (χ1v) is 11.9. The van der Waals surface area contributed by atoms with Gasteiger partial charge in [0.15, 0.2) is 12.4 Å². The Morgan fingerprint density at radius 1 is 1.06 bits per heavy atom. The Bertz CT molecular complexity index is 1120. The molecule has 164 valence electrons. The third kappa shape index (κ3) is 4.73. The maximum Gasteiger partial charge on any atom is 0.274 e. The van der Waals surface area contributed by atoms with E-state index in [1.54, 1.807) is 66.1 Å². The van der Waals surface area contributed by atoms with Crippen molar-refractivity contribution < 1.29 is 22.7 Å². The summed E-state index contributed by atoms with van der Waals surface area (Å²) in [6.45, 7) is 1.31. The Hall–Kier alpha value is -2.89. The van der Waals surface area contributed by atoms with Crippen molar-refractivity contribution in [2.45, 2.75) is 10.9 Å². The van der Waals surface area contributed by atoms with E-state index in [1.165, 1.54) is 20.3 Å². The summed E-state index contributed by atoms with van der Waals surface area (Å²) in [5.74, 6) is 1.17. The van der Waals surface area contributed by atoms with Crippen LogP contribution in [-0.4, -0.2) is 66.6 Å². The number of carbonyl (C=O) groups is 1. The van der Waals surface area contributed by atoms with Crippen LogP contribution in [0.1, 0.15) is 10.5 Å². The molecule has 11 heteroatoms. The average Bonchev–Trinajstić information content (AvgIpc) is 3.50. The highest BCUT2D eigenvalue weighted by Gasteiger charge is 2.31. The van der Waals surface area contributed by atoms with Gasteiger partial charge in [0.05, 0.1) is 7.11 Å². The molecule has 0 saturated carbocycles. The van der Waals surface area contributed by atoms with Gasteiger partial charge in [-0.3, -0.25) is 4.79 Å². The monoisotopic (exact) mass is 462 g/mol. The Morgan fingerprint density at radius 3 is 2.42 bits per heavy atom. The van der Waals surface area contributed by atoms with Crippen molar-refractivity contribution in [3.63, 3.8) is 0 Å². The van der Waals surface area contributed by atoms with Crippen LogP contribution in [0.2, 0.25) is 0 Å². The van der Waals surface area contributed by atoms with Crippen LogP contribution in [0.25, 0.3) is 0 Å². The van der Waals surface area contributed by atoms with Gasteiger partial charge in [-0.25, -0.2) is 13.1 Å². The molecule has 0 spiro atoms. The molecule has 2 aromatic heterocycles. The number of benzene rings is 1. The first-order valence-electron chi connectivity index (χ1n) is 9.60. The number of carbonyl (C=O) groups excluding carboxylic acids is 1. The summed E-state index contributed by atoms with van der Waals surface area (Å²) >= 11 is 1.19. The number of aromatic nitrogens is 2. The van der Waals surface area contributed by atoms with E-state index in [1.807, 2.05) is 0 Å².